The minimum Gasteiger partial charge on any atom is -0.505 e. The summed E-state index contributed by atoms with van der Waals surface area (Å²) in [6.07, 6.45) is 2.96. The van der Waals surface area contributed by atoms with Crippen LogP contribution in [-0.4, -0.2) is 17.7 Å². The molecule has 0 aromatic heterocycles. The topological polar surface area (TPSA) is 58.6 Å². The van der Waals surface area contributed by atoms with E-state index in [1.54, 1.807) is 24.3 Å². The fourth-order valence-electron chi connectivity index (χ4n) is 1.79. The van der Waals surface area contributed by atoms with E-state index in [9.17, 15) is 9.90 Å². The second kappa shape index (κ2) is 8.46. The van der Waals surface area contributed by atoms with Crippen molar-refractivity contribution >= 4 is 35.4 Å². The van der Waals surface area contributed by atoms with Crippen LogP contribution < -0.4 is 5.32 Å². The third-order valence-corrected chi connectivity index (χ3v) is 3.50. The average molecular weight is 352 g/mol. The van der Waals surface area contributed by atoms with Crippen LogP contribution in [-0.2, 0) is 11.3 Å². The lowest BCUT2D eigenvalue weighted by Gasteiger charge is -2.05. The highest BCUT2D eigenvalue weighted by molar-refractivity contribution is 6.37. The van der Waals surface area contributed by atoms with Crippen molar-refractivity contribution in [2.45, 2.75) is 6.61 Å². The molecule has 1 amide bonds. The Bertz CT molecular complexity index is 679. The Labute approximate surface area is 144 Å². The van der Waals surface area contributed by atoms with Crippen molar-refractivity contribution in [2.24, 2.45) is 0 Å². The number of carbonyl (C=O) groups excluding carboxylic acids is 1. The molecule has 6 heteroatoms. The van der Waals surface area contributed by atoms with E-state index in [2.05, 4.69) is 5.32 Å². The molecule has 0 spiro atoms. The predicted molar refractivity (Wildman–Crippen MR) is 91.8 cm³/mol. The number of phenols is 1. The van der Waals surface area contributed by atoms with E-state index in [0.717, 1.165) is 11.1 Å². The minimum atomic E-state index is -0.500. The standard InChI is InChI=1S/C17H15Cl2NO3/c18-14-9-13(10-15(19)16(14)21)7-4-8-20-17(22)23-11-12-5-2-1-3-6-12/h1-7,9-10,21H,8,11H2,(H,20,22). The van der Waals surface area contributed by atoms with Crippen LogP contribution in [0.15, 0.2) is 48.5 Å². The monoisotopic (exact) mass is 351 g/mol. The third kappa shape index (κ3) is 5.51. The van der Waals surface area contributed by atoms with Gasteiger partial charge in [-0.15, -0.1) is 0 Å². The number of aromatic hydroxyl groups is 1. The van der Waals surface area contributed by atoms with E-state index in [0.29, 0.717) is 6.54 Å². The number of rotatable bonds is 5. The maximum Gasteiger partial charge on any atom is 0.407 e. The molecule has 0 saturated heterocycles. The molecule has 0 heterocycles. The first-order valence-electron chi connectivity index (χ1n) is 6.85. The summed E-state index contributed by atoms with van der Waals surface area (Å²) in [6, 6.07) is 12.6. The number of alkyl carbamates (subject to hydrolysis) is 1. The van der Waals surface area contributed by atoms with E-state index < -0.39 is 6.09 Å². The molecule has 2 N–H and O–H groups in total. The van der Waals surface area contributed by atoms with Crippen molar-refractivity contribution in [3.63, 3.8) is 0 Å². The van der Waals surface area contributed by atoms with E-state index in [4.69, 9.17) is 27.9 Å². The molecule has 120 valence electrons. The van der Waals surface area contributed by atoms with Crippen LogP contribution >= 0.6 is 23.2 Å². The Kier molecular flexibility index (Phi) is 6.32. The number of benzene rings is 2. The van der Waals surface area contributed by atoms with Crippen LogP contribution in [0.25, 0.3) is 6.08 Å². The summed E-state index contributed by atoms with van der Waals surface area (Å²) >= 11 is 11.6. The molecule has 0 fully saturated rings. The van der Waals surface area contributed by atoms with Crippen molar-refractivity contribution in [2.75, 3.05) is 6.54 Å². The Balaban J connectivity index is 1.77. The van der Waals surface area contributed by atoms with Crippen LogP contribution in [0.5, 0.6) is 5.75 Å². The molecule has 2 aromatic carbocycles. The number of halogens is 2. The first-order valence-corrected chi connectivity index (χ1v) is 7.61. The van der Waals surface area contributed by atoms with Crippen LogP contribution in [0, 0.1) is 0 Å². The lowest BCUT2D eigenvalue weighted by molar-refractivity contribution is 0.141. The largest absolute Gasteiger partial charge is 0.505 e. The molecule has 2 rings (SSSR count). The second-order valence-corrected chi connectivity index (χ2v) is 5.49. The first-order chi connectivity index (χ1) is 11.1. The number of hydrogen-bond donors (Lipinski definition) is 2. The Morgan fingerprint density at radius 1 is 1.17 bits per heavy atom. The Morgan fingerprint density at radius 2 is 1.83 bits per heavy atom. The normalized spacial score (nSPS) is 10.7. The minimum absolute atomic E-state index is 0.145. The SMILES string of the molecule is O=C(NCC=Cc1cc(Cl)c(O)c(Cl)c1)OCc1ccccc1. The molecule has 0 aliphatic heterocycles. The van der Waals surface area contributed by atoms with Gasteiger partial charge < -0.3 is 15.2 Å². The molecule has 0 radical (unpaired) electrons. The number of nitrogens with one attached hydrogen (secondary N) is 1. The molecule has 23 heavy (non-hydrogen) atoms. The molecule has 4 nitrogen and oxygen atoms in total. The summed E-state index contributed by atoms with van der Waals surface area (Å²) in [5.74, 6) is -0.145. The lowest BCUT2D eigenvalue weighted by Crippen LogP contribution is -2.24. The predicted octanol–water partition coefficient (Wildman–Crippen LogP) is 4.64. The van der Waals surface area contributed by atoms with Gasteiger partial charge in [0, 0.05) is 6.54 Å². The van der Waals surface area contributed by atoms with Crippen LogP contribution in [0.1, 0.15) is 11.1 Å². The maximum absolute atomic E-state index is 11.5. The smallest absolute Gasteiger partial charge is 0.407 e. The van der Waals surface area contributed by atoms with Gasteiger partial charge in [-0.05, 0) is 23.3 Å². The van der Waals surface area contributed by atoms with Gasteiger partial charge in [0.1, 0.15) is 6.61 Å². The number of amides is 1. The van der Waals surface area contributed by atoms with Crippen LogP contribution in [0.4, 0.5) is 4.79 Å². The summed E-state index contributed by atoms with van der Waals surface area (Å²) in [5, 5.41) is 12.4. The van der Waals surface area contributed by atoms with E-state index in [1.165, 1.54) is 0 Å². The Morgan fingerprint density at radius 3 is 2.48 bits per heavy atom. The van der Waals surface area contributed by atoms with Gasteiger partial charge in [-0.2, -0.15) is 0 Å². The zero-order chi connectivity index (χ0) is 16.7. The number of carbonyl (C=O) groups is 1. The first kappa shape index (κ1) is 17.2. The molecular weight excluding hydrogens is 337 g/mol. The number of phenolic OH excluding ortho intramolecular Hbond substituents is 1. The van der Waals surface area contributed by atoms with Gasteiger partial charge in [-0.1, -0.05) is 65.7 Å². The van der Waals surface area contributed by atoms with Crippen molar-refractivity contribution in [1.82, 2.24) is 5.32 Å². The molecule has 0 saturated carbocycles. The van der Waals surface area contributed by atoms with E-state index >= 15 is 0 Å². The van der Waals surface area contributed by atoms with E-state index in [1.807, 2.05) is 30.3 Å². The van der Waals surface area contributed by atoms with Gasteiger partial charge in [0.05, 0.1) is 10.0 Å². The highest BCUT2D eigenvalue weighted by atomic mass is 35.5. The number of hydrogen-bond acceptors (Lipinski definition) is 3. The average Bonchev–Trinajstić information content (AvgIpc) is 2.55. The summed E-state index contributed by atoms with van der Waals surface area (Å²) in [7, 11) is 0. The summed E-state index contributed by atoms with van der Waals surface area (Å²) in [4.78, 5) is 11.5. The molecule has 0 bridgehead atoms. The van der Waals surface area contributed by atoms with Gasteiger partial charge >= 0.3 is 6.09 Å². The van der Waals surface area contributed by atoms with Crippen molar-refractivity contribution in [3.05, 3.63) is 69.7 Å². The molecule has 2 aromatic rings. The lowest BCUT2D eigenvalue weighted by atomic mass is 10.2. The van der Waals surface area contributed by atoms with Gasteiger partial charge in [0.2, 0.25) is 0 Å². The van der Waals surface area contributed by atoms with Crippen LogP contribution in [0.2, 0.25) is 10.0 Å². The Hall–Kier alpha value is -2.17. The fraction of sp³-hybridized carbons (Fsp3) is 0.118. The van der Waals surface area contributed by atoms with Crippen molar-refractivity contribution in [1.29, 1.82) is 0 Å². The highest BCUT2D eigenvalue weighted by Crippen LogP contribution is 2.32. The summed E-state index contributed by atoms with van der Waals surface area (Å²) in [6.45, 7) is 0.517. The van der Waals surface area contributed by atoms with Gasteiger partial charge in [-0.3, -0.25) is 0 Å². The summed E-state index contributed by atoms with van der Waals surface area (Å²) in [5.41, 5.74) is 1.64. The zero-order valence-corrected chi connectivity index (χ0v) is 13.6. The van der Waals surface area contributed by atoms with Gasteiger partial charge in [-0.25, -0.2) is 4.79 Å². The maximum atomic E-state index is 11.5. The molecular formula is C17H15Cl2NO3. The molecule has 0 atom stereocenters. The third-order valence-electron chi connectivity index (χ3n) is 2.93. The van der Waals surface area contributed by atoms with Gasteiger partial charge in [0.25, 0.3) is 0 Å². The van der Waals surface area contributed by atoms with Crippen LogP contribution in [0.3, 0.4) is 0 Å². The van der Waals surface area contributed by atoms with Gasteiger partial charge in [0.15, 0.2) is 5.75 Å². The highest BCUT2D eigenvalue weighted by Gasteiger charge is 2.05. The number of ether oxygens (including phenoxy) is 1. The quantitative estimate of drug-likeness (QED) is 0.824. The van der Waals surface area contributed by atoms with E-state index in [-0.39, 0.29) is 22.4 Å². The molecule has 0 aliphatic carbocycles. The molecule has 0 aliphatic rings. The second-order valence-electron chi connectivity index (χ2n) is 4.68. The summed E-state index contributed by atoms with van der Waals surface area (Å²) < 4.78 is 5.08. The van der Waals surface area contributed by atoms with Crippen molar-refractivity contribution in [3.8, 4) is 5.75 Å². The fourth-order valence-corrected chi connectivity index (χ4v) is 2.30. The zero-order valence-electron chi connectivity index (χ0n) is 12.1. The van der Waals surface area contributed by atoms with Crippen molar-refractivity contribution < 1.29 is 14.6 Å². The molecule has 0 unspecified atom stereocenters.